The van der Waals surface area contributed by atoms with E-state index in [2.05, 4.69) is 20.8 Å². The summed E-state index contributed by atoms with van der Waals surface area (Å²) in [4.78, 5) is 25.6. The number of hydrogen-bond acceptors (Lipinski definition) is 4. The normalized spacial score (nSPS) is 30.7. The van der Waals surface area contributed by atoms with Crippen molar-refractivity contribution in [1.82, 2.24) is 9.80 Å². The number of carbonyl (C=O) groups excluding carboxylic acids is 2. The van der Waals surface area contributed by atoms with Crippen LogP contribution in [0.5, 0.6) is 0 Å². The van der Waals surface area contributed by atoms with Gasteiger partial charge < -0.3 is 0 Å². The summed E-state index contributed by atoms with van der Waals surface area (Å²) in [6.07, 6.45) is 0.413. The van der Waals surface area contributed by atoms with Crippen molar-refractivity contribution in [3.63, 3.8) is 0 Å². The minimum absolute atomic E-state index is 0.0997. The molecular formula is C8H13BrN2O2. The van der Waals surface area contributed by atoms with Gasteiger partial charge in [0.2, 0.25) is 5.78 Å². The first kappa shape index (κ1) is 10.8. The van der Waals surface area contributed by atoms with Crippen LogP contribution in [-0.4, -0.2) is 60.0 Å². The summed E-state index contributed by atoms with van der Waals surface area (Å²) in [6.45, 7) is 0.723. The minimum atomic E-state index is -0.337. The van der Waals surface area contributed by atoms with Gasteiger partial charge in [-0.05, 0) is 14.1 Å². The number of hydrogen-bond donors (Lipinski definition) is 0. The first-order valence-electron chi connectivity index (χ1n) is 4.07. The van der Waals surface area contributed by atoms with Gasteiger partial charge in [0.1, 0.15) is 0 Å². The Kier molecular flexibility index (Phi) is 3.58. The van der Waals surface area contributed by atoms with E-state index in [9.17, 15) is 9.59 Å². The Labute approximate surface area is 86.0 Å². The van der Waals surface area contributed by atoms with Gasteiger partial charge in [-0.25, -0.2) is 0 Å². The molecule has 1 fully saturated rings. The summed E-state index contributed by atoms with van der Waals surface area (Å²) < 4.78 is 0. The summed E-state index contributed by atoms with van der Waals surface area (Å²) in [7, 11) is 3.80. The fraction of sp³-hybridized carbons (Fsp3) is 0.750. The fourth-order valence-electron chi connectivity index (χ4n) is 1.76. The molecule has 2 unspecified atom stereocenters. The van der Waals surface area contributed by atoms with Gasteiger partial charge in [-0.3, -0.25) is 19.4 Å². The molecule has 0 aromatic carbocycles. The Balaban J connectivity index is 2.80. The number of nitrogens with zero attached hydrogens (tertiary/aromatic N) is 2. The fourth-order valence-corrected chi connectivity index (χ4v) is 2.61. The van der Waals surface area contributed by atoms with Crippen molar-refractivity contribution in [2.24, 2.45) is 0 Å². The van der Waals surface area contributed by atoms with Crippen molar-refractivity contribution in [2.75, 3.05) is 26.1 Å². The lowest BCUT2D eigenvalue weighted by molar-refractivity contribution is -0.132. The second kappa shape index (κ2) is 4.30. The van der Waals surface area contributed by atoms with Gasteiger partial charge in [0.05, 0.1) is 12.7 Å². The minimum Gasteiger partial charge on any atom is -0.295 e. The Morgan fingerprint density at radius 1 is 1.54 bits per heavy atom. The zero-order valence-electron chi connectivity index (χ0n) is 7.74. The number of aldehydes is 1. The standard InChI is InChI=1S/C8H13BrN2O2/c1-10-5-11(2)8(6(10)3-9)7(13)4-12/h4,6,8H,3,5H2,1-2H3. The molecule has 0 radical (unpaired) electrons. The summed E-state index contributed by atoms with van der Waals surface area (Å²) in [5, 5.41) is 0.706. The average molecular weight is 249 g/mol. The number of alkyl halides is 1. The Morgan fingerprint density at radius 3 is 2.62 bits per heavy atom. The van der Waals surface area contributed by atoms with E-state index < -0.39 is 0 Å². The maximum Gasteiger partial charge on any atom is 0.213 e. The molecule has 0 aliphatic carbocycles. The van der Waals surface area contributed by atoms with Gasteiger partial charge in [0.15, 0.2) is 6.29 Å². The Hall–Kier alpha value is -0.260. The van der Waals surface area contributed by atoms with Gasteiger partial charge in [0.25, 0.3) is 0 Å². The number of Topliss-reactive ketones (excluding diaryl/α,β-unsaturated/α-hetero) is 1. The molecule has 0 bridgehead atoms. The van der Waals surface area contributed by atoms with Gasteiger partial charge in [-0.15, -0.1) is 0 Å². The van der Waals surface area contributed by atoms with Crippen molar-refractivity contribution in [1.29, 1.82) is 0 Å². The highest BCUT2D eigenvalue weighted by Gasteiger charge is 2.39. The molecule has 0 aromatic heterocycles. The molecule has 0 amide bonds. The average Bonchev–Trinajstić information content (AvgIpc) is 2.39. The lowest BCUT2D eigenvalue weighted by Gasteiger charge is -2.20. The van der Waals surface area contributed by atoms with E-state index in [1.54, 1.807) is 0 Å². The number of rotatable bonds is 3. The van der Waals surface area contributed by atoms with Crippen molar-refractivity contribution in [3.8, 4) is 0 Å². The zero-order valence-corrected chi connectivity index (χ0v) is 9.32. The molecule has 4 nitrogen and oxygen atoms in total. The van der Waals surface area contributed by atoms with Crippen molar-refractivity contribution < 1.29 is 9.59 Å². The maximum atomic E-state index is 11.3. The smallest absolute Gasteiger partial charge is 0.213 e. The predicted molar refractivity (Wildman–Crippen MR) is 52.8 cm³/mol. The molecule has 2 atom stereocenters. The monoisotopic (exact) mass is 248 g/mol. The van der Waals surface area contributed by atoms with Crippen LogP contribution in [0, 0.1) is 0 Å². The molecule has 13 heavy (non-hydrogen) atoms. The summed E-state index contributed by atoms with van der Waals surface area (Å²) in [5.74, 6) is -0.337. The Morgan fingerprint density at radius 2 is 2.15 bits per heavy atom. The number of carbonyl (C=O) groups is 2. The van der Waals surface area contributed by atoms with Gasteiger partial charge in [0, 0.05) is 11.4 Å². The lowest BCUT2D eigenvalue weighted by Crippen LogP contribution is -2.43. The third kappa shape index (κ3) is 1.98. The van der Waals surface area contributed by atoms with E-state index in [4.69, 9.17) is 0 Å². The molecule has 0 saturated carbocycles. The Bertz CT molecular complexity index is 222. The summed E-state index contributed by atoms with van der Waals surface area (Å²) >= 11 is 3.35. The van der Waals surface area contributed by atoms with Crippen LogP contribution in [0.25, 0.3) is 0 Å². The van der Waals surface area contributed by atoms with Crippen LogP contribution in [0.15, 0.2) is 0 Å². The second-order valence-corrected chi connectivity index (χ2v) is 3.99. The van der Waals surface area contributed by atoms with Crippen molar-refractivity contribution in [3.05, 3.63) is 0 Å². The van der Waals surface area contributed by atoms with Crippen LogP contribution in [0.1, 0.15) is 0 Å². The van der Waals surface area contributed by atoms with E-state index in [1.165, 1.54) is 0 Å². The molecule has 1 aliphatic rings. The van der Waals surface area contributed by atoms with Crippen LogP contribution < -0.4 is 0 Å². The lowest BCUT2D eigenvalue weighted by atomic mass is 10.1. The summed E-state index contributed by atoms with van der Waals surface area (Å²) in [5.41, 5.74) is 0. The SMILES string of the molecule is CN1CN(C)C(C(=O)C=O)C1CBr. The summed E-state index contributed by atoms with van der Waals surface area (Å²) in [6, 6.07) is -0.190. The predicted octanol–water partition coefficient (Wildman–Crippen LogP) is -0.279. The molecule has 1 aliphatic heterocycles. The van der Waals surface area contributed by atoms with Crippen LogP contribution in [0.2, 0.25) is 0 Å². The van der Waals surface area contributed by atoms with Gasteiger partial charge in [-0.1, -0.05) is 15.9 Å². The largest absolute Gasteiger partial charge is 0.295 e. The van der Waals surface area contributed by atoms with Crippen LogP contribution in [0.4, 0.5) is 0 Å². The van der Waals surface area contributed by atoms with E-state index >= 15 is 0 Å². The molecule has 74 valence electrons. The first-order chi connectivity index (χ1) is 6.11. The molecule has 1 heterocycles. The van der Waals surface area contributed by atoms with Crippen LogP contribution in [-0.2, 0) is 9.59 Å². The van der Waals surface area contributed by atoms with Gasteiger partial charge in [-0.2, -0.15) is 0 Å². The molecule has 1 saturated heterocycles. The molecule has 1 rings (SSSR count). The molecule has 5 heteroatoms. The highest BCUT2D eigenvalue weighted by atomic mass is 79.9. The molecule has 0 N–H and O–H groups in total. The number of ketones is 1. The van der Waals surface area contributed by atoms with E-state index in [0.717, 1.165) is 6.67 Å². The topological polar surface area (TPSA) is 40.6 Å². The molecule has 0 spiro atoms. The van der Waals surface area contributed by atoms with Crippen molar-refractivity contribution in [2.45, 2.75) is 12.1 Å². The third-order valence-electron chi connectivity index (χ3n) is 2.42. The van der Waals surface area contributed by atoms with E-state index in [0.29, 0.717) is 11.6 Å². The highest BCUT2D eigenvalue weighted by molar-refractivity contribution is 9.09. The number of halogens is 1. The second-order valence-electron chi connectivity index (χ2n) is 3.34. The third-order valence-corrected chi connectivity index (χ3v) is 3.08. The zero-order chi connectivity index (χ0) is 10.0. The van der Waals surface area contributed by atoms with Crippen LogP contribution in [0.3, 0.4) is 0 Å². The number of likely N-dealkylation sites (N-methyl/N-ethyl adjacent to an activating group) is 2. The highest BCUT2D eigenvalue weighted by Crippen LogP contribution is 2.19. The first-order valence-corrected chi connectivity index (χ1v) is 5.19. The van der Waals surface area contributed by atoms with Crippen LogP contribution >= 0.6 is 15.9 Å². The van der Waals surface area contributed by atoms with Gasteiger partial charge >= 0.3 is 0 Å². The van der Waals surface area contributed by atoms with E-state index in [1.807, 2.05) is 19.0 Å². The maximum absolute atomic E-state index is 11.3. The van der Waals surface area contributed by atoms with Crippen molar-refractivity contribution >= 4 is 28.0 Å². The quantitative estimate of drug-likeness (QED) is 0.392. The molecular weight excluding hydrogens is 236 g/mol. The molecule has 0 aromatic rings. The van der Waals surface area contributed by atoms with E-state index in [-0.39, 0.29) is 17.9 Å².